The minimum absolute atomic E-state index is 1.06. The first-order valence-electron chi connectivity index (χ1n) is 4.97. The average Bonchev–Trinajstić information content (AvgIpc) is 2.65. The molecule has 0 saturated carbocycles. The number of rotatable bonds is 4. The first-order valence-corrected chi connectivity index (χ1v) is 5.85. The lowest BCUT2D eigenvalue weighted by atomic mass is 10.3. The molecule has 0 saturated heterocycles. The number of benzene rings is 1. The number of unbranched alkanes of at least 4 members (excludes halogenated alkanes) is 1. The molecule has 1 N–H and O–H groups in total. The number of nitrogens with zero attached hydrogens (tertiary/aromatic N) is 1. The van der Waals surface area contributed by atoms with Crippen molar-refractivity contribution in [3.8, 4) is 0 Å². The molecule has 0 fully saturated rings. The molecule has 1 aromatic heterocycles. The van der Waals surface area contributed by atoms with Crippen LogP contribution in [0.4, 0.5) is 5.69 Å². The first-order chi connectivity index (χ1) is 6.90. The summed E-state index contributed by atoms with van der Waals surface area (Å²) in [6, 6.07) is 6.33. The Morgan fingerprint density at radius 3 is 3.21 bits per heavy atom. The van der Waals surface area contributed by atoms with Gasteiger partial charge in [0.1, 0.15) is 0 Å². The van der Waals surface area contributed by atoms with Crippen LogP contribution in [0.5, 0.6) is 0 Å². The highest BCUT2D eigenvalue weighted by molar-refractivity contribution is 7.16. The highest BCUT2D eigenvalue weighted by Crippen LogP contribution is 2.21. The van der Waals surface area contributed by atoms with Gasteiger partial charge in [0.25, 0.3) is 0 Å². The number of nitrogens with one attached hydrogen (secondary N) is 1. The highest BCUT2D eigenvalue weighted by Gasteiger charge is 1.97. The fraction of sp³-hybridized carbons (Fsp3) is 0.364. The molecular formula is C11H14N2S. The molecule has 2 nitrogen and oxygen atoms in total. The van der Waals surface area contributed by atoms with Crippen molar-refractivity contribution in [2.75, 3.05) is 11.9 Å². The van der Waals surface area contributed by atoms with Crippen LogP contribution >= 0.6 is 11.3 Å². The van der Waals surface area contributed by atoms with Crippen LogP contribution in [0.3, 0.4) is 0 Å². The summed E-state index contributed by atoms with van der Waals surface area (Å²) in [5.41, 5.74) is 4.19. The average molecular weight is 206 g/mol. The van der Waals surface area contributed by atoms with Crippen molar-refractivity contribution in [2.24, 2.45) is 0 Å². The fourth-order valence-electron chi connectivity index (χ4n) is 1.37. The molecule has 14 heavy (non-hydrogen) atoms. The van der Waals surface area contributed by atoms with Crippen LogP contribution < -0.4 is 5.32 Å². The molecule has 0 spiro atoms. The van der Waals surface area contributed by atoms with Crippen LogP contribution in [0.15, 0.2) is 23.7 Å². The third-order valence-corrected chi connectivity index (χ3v) is 2.98. The van der Waals surface area contributed by atoms with Gasteiger partial charge in [-0.3, -0.25) is 0 Å². The Labute approximate surface area is 88.0 Å². The van der Waals surface area contributed by atoms with Crippen LogP contribution in [0.2, 0.25) is 0 Å². The third-order valence-electron chi connectivity index (χ3n) is 2.19. The summed E-state index contributed by atoms with van der Waals surface area (Å²) in [6.07, 6.45) is 2.45. The Bertz CT molecular complexity index is 408. The summed E-state index contributed by atoms with van der Waals surface area (Å²) in [7, 11) is 0. The number of thiazole rings is 1. The van der Waals surface area contributed by atoms with Crippen molar-refractivity contribution in [3.63, 3.8) is 0 Å². The van der Waals surface area contributed by atoms with E-state index in [0.29, 0.717) is 0 Å². The molecule has 1 heterocycles. The van der Waals surface area contributed by atoms with E-state index in [0.717, 1.165) is 12.1 Å². The minimum atomic E-state index is 1.06. The predicted molar refractivity (Wildman–Crippen MR) is 63.0 cm³/mol. The van der Waals surface area contributed by atoms with Crippen molar-refractivity contribution in [1.82, 2.24) is 4.98 Å². The molecule has 1 aromatic carbocycles. The molecule has 0 aliphatic rings. The van der Waals surface area contributed by atoms with Crippen molar-refractivity contribution >= 4 is 27.2 Å². The van der Waals surface area contributed by atoms with Crippen molar-refractivity contribution in [2.45, 2.75) is 19.8 Å². The van der Waals surface area contributed by atoms with Crippen molar-refractivity contribution in [3.05, 3.63) is 23.7 Å². The van der Waals surface area contributed by atoms with Gasteiger partial charge in [0.2, 0.25) is 0 Å². The smallest absolute Gasteiger partial charge is 0.0813 e. The first kappa shape index (κ1) is 9.46. The van der Waals surface area contributed by atoms with Crippen LogP contribution in [0.1, 0.15) is 19.8 Å². The highest BCUT2D eigenvalue weighted by atomic mass is 32.1. The lowest BCUT2D eigenvalue weighted by Gasteiger charge is -2.04. The van der Waals surface area contributed by atoms with E-state index in [1.165, 1.54) is 23.2 Å². The standard InChI is InChI=1S/C11H14N2S/c1-2-3-6-12-9-4-5-10-11(7-9)14-8-13-10/h4-5,7-8,12H,2-3,6H2,1H3. The van der Waals surface area contributed by atoms with E-state index in [-0.39, 0.29) is 0 Å². The zero-order chi connectivity index (χ0) is 9.80. The van der Waals surface area contributed by atoms with Gasteiger partial charge in [0.15, 0.2) is 0 Å². The molecule has 0 bridgehead atoms. The zero-order valence-electron chi connectivity index (χ0n) is 8.29. The monoisotopic (exact) mass is 206 g/mol. The Hall–Kier alpha value is -1.09. The Morgan fingerprint density at radius 2 is 2.36 bits per heavy atom. The molecule has 0 aliphatic carbocycles. The number of aromatic nitrogens is 1. The fourth-order valence-corrected chi connectivity index (χ4v) is 2.09. The Morgan fingerprint density at radius 1 is 1.43 bits per heavy atom. The second-order valence-corrected chi connectivity index (χ2v) is 4.20. The van der Waals surface area contributed by atoms with E-state index >= 15 is 0 Å². The Kier molecular flexibility index (Phi) is 2.99. The van der Waals surface area contributed by atoms with Crippen LogP contribution in [-0.4, -0.2) is 11.5 Å². The molecule has 0 radical (unpaired) electrons. The van der Waals surface area contributed by atoms with E-state index in [1.807, 2.05) is 5.51 Å². The van der Waals surface area contributed by atoms with Gasteiger partial charge in [-0.1, -0.05) is 13.3 Å². The lowest BCUT2D eigenvalue weighted by molar-refractivity contribution is 0.834. The summed E-state index contributed by atoms with van der Waals surface area (Å²) in [6.45, 7) is 3.26. The second kappa shape index (κ2) is 4.42. The number of hydrogen-bond donors (Lipinski definition) is 1. The molecule has 0 unspecified atom stereocenters. The van der Waals surface area contributed by atoms with Crippen LogP contribution in [0.25, 0.3) is 10.2 Å². The maximum absolute atomic E-state index is 4.25. The SMILES string of the molecule is CCCCNc1ccc2ncsc2c1. The zero-order valence-corrected chi connectivity index (χ0v) is 9.10. The van der Waals surface area contributed by atoms with Gasteiger partial charge in [-0.2, -0.15) is 0 Å². The number of anilines is 1. The summed E-state index contributed by atoms with van der Waals surface area (Å²) >= 11 is 1.69. The molecule has 0 aliphatic heterocycles. The van der Waals surface area contributed by atoms with Gasteiger partial charge in [-0.15, -0.1) is 11.3 Å². The van der Waals surface area contributed by atoms with E-state index in [9.17, 15) is 0 Å². The normalized spacial score (nSPS) is 10.6. The summed E-state index contributed by atoms with van der Waals surface area (Å²) in [5.74, 6) is 0. The van der Waals surface area contributed by atoms with E-state index in [2.05, 4.69) is 35.4 Å². The van der Waals surface area contributed by atoms with E-state index in [4.69, 9.17) is 0 Å². The van der Waals surface area contributed by atoms with Gasteiger partial charge in [-0.25, -0.2) is 4.98 Å². The van der Waals surface area contributed by atoms with Crippen LogP contribution in [-0.2, 0) is 0 Å². The maximum atomic E-state index is 4.25. The molecular weight excluding hydrogens is 192 g/mol. The third kappa shape index (κ3) is 2.04. The van der Waals surface area contributed by atoms with Gasteiger partial charge >= 0.3 is 0 Å². The molecule has 2 aromatic rings. The Balaban J connectivity index is 2.10. The van der Waals surface area contributed by atoms with Crippen molar-refractivity contribution < 1.29 is 0 Å². The van der Waals surface area contributed by atoms with Gasteiger partial charge in [0.05, 0.1) is 15.7 Å². The van der Waals surface area contributed by atoms with Gasteiger partial charge in [-0.05, 0) is 24.6 Å². The van der Waals surface area contributed by atoms with Crippen LogP contribution in [0, 0.1) is 0 Å². The second-order valence-electron chi connectivity index (χ2n) is 3.32. The van der Waals surface area contributed by atoms with E-state index in [1.54, 1.807) is 11.3 Å². The minimum Gasteiger partial charge on any atom is -0.385 e. The molecule has 74 valence electrons. The van der Waals surface area contributed by atoms with Gasteiger partial charge in [0, 0.05) is 12.2 Å². The molecule has 0 amide bonds. The predicted octanol–water partition coefficient (Wildman–Crippen LogP) is 3.51. The number of hydrogen-bond acceptors (Lipinski definition) is 3. The summed E-state index contributed by atoms with van der Waals surface area (Å²) in [5, 5.41) is 3.41. The largest absolute Gasteiger partial charge is 0.385 e. The quantitative estimate of drug-likeness (QED) is 0.774. The molecule has 2 rings (SSSR count). The maximum Gasteiger partial charge on any atom is 0.0813 e. The summed E-state index contributed by atoms with van der Waals surface area (Å²) in [4.78, 5) is 4.25. The lowest BCUT2D eigenvalue weighted by Crippen LogP contribution is -1.99. The topological polar surface area (TPSA) is 24.9 Å². The van der Waals surface area contributed by atoms with Gasteiger partial charge < -0.3 is 5.32 Å². The summed E-state index contributed by atoms with van der Waals surface area (Å²) < 4.78 is 1.26. The van der Waals surface area contributed by atoms with Crippen molar-refractivity contribution in [1.29, 1.82) is 0 Å². The van der Waals surface area contributed by atoms with E-state index < -0.39 is 0 Å². The molecule has 3 heteroatoms. The number of fused-ring (bicyclic) bond motifs is 1. The molecule has 0 atom stereocenters.